The average molecular weight is 438 g/mol. The summed E-state index contributed by atoms with van der Waals surface area (Å²) in [5.74, 6) is -3.30. The monoisotopic (exact) mass is 438 g/mol. The van der Waals surface area contributed by atoms with Crippen molar-refractivity contribution in [2.45, 2.75) is 57.3 Å². The molecule has 1 aromatic heterocycles. The van der Waals surface area contributed by atoms with Crippen LogP contribution in [0.1, 0.15) is 32.4 Å². The third-order valence-corrected chi connectivity index (χ3v) is 5.03. The largest absolute Gasteiger partial charge is 0.480 e. The Morgan fingerprint density at radius 2 is 1.87 bits per heavy atom. The molecule has 0 aliphatic carbocycles. The highest BCUT2D eigenvalue weighted by molar-refractivity contribution is 5.94. The lowest BCUT2D eigenvalue weighted by molar-refractivity contribution is -0.143. The van der Waals surface area contributed by atoms with Crippen LogP contribution < -0.4 is 21.3 Å². The van der Waals surface area contributed by atoms with Crippen molar-refractivity contribution in [3.05, 3.63) is 18.2 Å². The number of hydrogen-bond acceptors (Lipinski definition) is 7. The number of nitrogens with one attached hydrogen (secondary N) is 5. The van der Waals surface area contributed by atoms with Crippen molar-refractivity contribution in [1.82, 2.24) is 31.2 Å². The molecule has 1 saturated heterocycles. The van der Waals surface area contributed by atoms with Crippen LogP contribution in [0.15, 0.2) is 12.5 Å². The Morgan fingerprint density at radius 3 is 2.39 bits per heavy atom. The van der Waals surface area contributed by atoms with Crippen LogP contribution in [0.3, 0.4) is 0 Å². The summed E-state index contributed by atoms with van der Waals surface area (Å²) >= 11 is 0. The fourth-order valence-electron chi connectivity index (χ4n) is 3.24. The van der Waals surface area contributed by atoms with Crippen molar-refractivity contribution in [2.75, 3.05) is 13.2 Å². The number of aliphatic hydroxyl groups excluding tert-OH is 1. The summed E-state index contributed by atoms with van der Waals surface area (Å²) in [7, 11) is 0. The lowest BCUT2D eigenvalue weighted by Gasteiger charge is -2.26. The van der Waals surface area contributed by atoms with Crippen LogP contribution in [0.5, 0.6) is 0 Å². The number of nitrogens with zero attached hydrogens (tertiary/aromatic N) is 1. The topological polar surface area (TPSA) is 186 Å². The highest BCUT2D eigenvalue weighted by atomic mass is 16.4. The molecule has 1 aliphatic rings. The zero-order chi connectivity index (χ0) is 23.0. The number of aromatic nitrogens is 2. The van der Waals surface area contributed by atoms with E-state index in [1.165, 1.54) is 12.5 Å². The number of rotatable bonds is 11. The minimum absolute atomic E-state index is 0.0122. The van der Waals surface area contributed by atoms with Crippen LogP contribution >= 0.6 is 0 Å². The Balaban J connectivity index is 2.11. The number of hydrogen-bond donors (Lipinski definition) is 7. The number of carboxylic acid groups (broad SMARTS) is 1. The van der Waals surface area contributed by atoms with Crippen molar-refractivity contribution < 1.29 is 29.4 Å². The van der Waals surface area contributed by atoms with Crippen molar-refractivity contribution >= 4 is 23.7 Å². The van der Waals surface area contributed by atoms with E-state index < -0.39 is 42.5 Å². The summed E-state index contributed by atoms with van der Waals surface area (Å²) in [6, 6.07) is -3.91. The van der Waals surface area contributed by atoms with Gasteiger partial charge in [-0.1, -0.05) is 13.8 Å². The predicted octanol–water partition coefficient (Wildman–Crippen LogP) is -2.11. The summed E-state index contributed by atoms with van der Waals surface area (Å²) in [6.45, 7) is 3.47. The Morgan fingerprint density at radius 1 is 1.16 bits per heavy atom. The van der Waals surface area contributed by atoms with Crippen LogP contribution in [0.2, 0.25) is 0 Å². The predicted molar refractivity (Wildman–Crippen MR) is 109 cm³/mol. The molecule has 0 bridgehead atoms. The van der Waals surface area contributed by atoms with Crippen LogP contribution in [0.25, 0.3) is 0 Å². The fraction of sp³-hybridized carbons (Fsp3) is 0.632. The van der Waals surface area contributed by atoms with Gasteiger partial charge in [-0.05, 0) is 25.3 Å². The van der Waals surface area contributed by atoms with E-state index >= 15 is 0 Å². The van der Waals surface area contributed by atoms with Gasteiger partial charge < -0.3 is 36.5 Å². The molecule has 0 aromatic carbocycles. The Kier molecular flexibility index (Phi) is 8.94. The van der Waals surface area contributed by atoms with Crippen LogP contribution in [0.4, 0.5) is 0 Å². The molecule has 12 nitrogen and oxygen atoms in total. The molecule has 31 heavy (non-hydrogen) atoms. The third kappa shape index (κ3) is 7.03. The number of aromatic amines is 1. The van der Waals surface area contributed by atoms with E-state index in [2.05, 4.69) is 31.2 Å². The molecule has 4 unspecified atom stereocenters. The molecule has 4 atom stereocenters. The maximum Gasteiger partial charge on any atom is 0.328 e. The van der Waals surface area contributed by atoms with Crippen LogP contribution in [0, 0.1) is 5.92 Å². The van der Waals surface area contributed by atoms with Gasteiger partial charge in [-0.3, -0.25) is 14.4 Å². The van der Waals surface area contributed by atoms with Gasteiger partial charge in [0.1, 0.15) is 18.1 Å². The number of H-pyrrole nitrogens is 1. The first kappa shape index (κ1) is 24.3. The molecule has 1 fully saturated rings. The lowest BCUT2D eigenvalue weighted by Crippen LogP contribution is -2.59. The number of carbonyl (C=O) groups is 4. The summed E-state index contributed by atoms with van der Waals surface area (Å²) in [4.78, 5) is 55.9. The van der Waals surface area contributed by atoms with E-state index in [9.17, 15) is 24.3 Å². The number of aliphatic hydroxyl groups is 1. The Labute approximate surface area is 179 Å². The minimum Gasteiger partial charge on any atom is -0.480 e. The summed E-state index contributed by atoms with van der Waals surface area (Å²) < 4.78 is 0. The number of amides is 3. The van der Waals surface area contributed by atoms with Gasteiger partial charge >= 0.3 is 5.97 Å². The SMILES string of the molecule is CC(C)C(NC(=O)C1CCCN1)C(=O)NC(Cc1cnc[nH]1)C(=O)NC(CO)C(=O)O. The summed E-state index contributed by atoms with van der Waals surface area (Å²) in [5, 5.41) is 28.8. The minimum atomic E-state index is -1.51. The zero-order valence-electron chi connectivity index (χ0n) is 17.6. The number of carbonyl (C=O) groups excluding carboxylic acids is 3. The van der Waals surface area contributed by atoms with E-state index in [0.29, 0.717) is 12.1 Å². The second kappa shape index (κ2) is 11.4. The summed E-state index contributed by atoms with van der Waals surface area (Å²) in [5.41, 5.74) is 0.539. The quantitative estimate of drug-likeness (QED) is 0.205. The molecule has 12 heteroatoms. The molecule has 7 N–H and O–H groups in total. The molecule has 172 valence electrons. The first-order valence-electron chi connectivity index (χ1n) is 10.2. The van der Waals surface area contributed by atoms with E-state index in [1.54, 1.807) is 13.8 Å². The Hall–Kier alpha value is -2.99. The van der Waals surface area contributed by atoms with E-state index in [0.717, 1.165) is 13.0 Å². The van der Waals surface area contributed by atoms with Gasteiger partial charge in [-0.25, -0.2) is 9.78 Å². The fourth-order valence-corrected chi connectivity index (χ4v) is 3.24. The molecule has 0 spiro atoms. The van der Waals surface area contributed by atoms with Crippen molar-refractivity contribution in [1.29, 1.82) is 0 Å². The van der Waals surface area contributed by atoms with Gasteiger partial charge in [-0.15, -0.1) is 0 Å². The van der Waals surface area contributed by atoms with Crippen LogP contribution in [-0.4, -0.2) is 81.2 Å². The molecule has 3 amide bonds. The highest BCUT2D eigenvalue weighted by Crippen LogP contribution is 2.09. The second-order valence-electron chi connectivity index (χ2n) is 7.80. The molecule has 0 saturated carbocycles. The van der Waals surface area contributed by atoms with Gasteiger partial charge in [-0.2, -0.15) is 0 Å². The first-order chi connectivity index (χ1) is 14.7. The van der Waals surface area contributed by atoms with E-state index in [1.807, 2.05) is 0 Å². The smallest absolute Gasteiger partial charge is 0.328 e. The normalized spacial score (nSPS) is 18.8. The Bertz CT molecular complexity index is 762. The zero-order valence-corrected chi connectivity index (χ0v) is 17.6. The van der Waals surface area contributed by atoms with Crippen molar-refractivity contribution in [3.63, 3.8) is 0 Å². The molecule has 2 heterocycles. The standard InChI is InChI=1S/C19H30N6O6/c1-10(2)15(25-16(27)12-4-3-5-21-12)18(29)23-13(6-11-7-20-9-22-11)17(28)24-14(8-26)19(30)31/h7,9-10,12-15,21,26H,3-6,8H2,1-2H3,(H,20,22)(H,23,29)(H,24,28)(H,25,27)(H,30,31). The maximum absolute atomic E-state index is 12.9. The molecule has 1 aliphatic heterocycles. The lowest BCUT2D eigenvalue weighted by atomic mass is 10.0. The maximum atomic E-state index is 12.9. The van der Waals surface area contributed by atoms with Gasteiger partial charge in [0, 0.05) is 18.3 Å². The van der Waals surface area contributed by atoms with Gasteiger partial charge in [0.2, 0.25) is 17.7 Å². The molecule has 1 aromatic rings. The number of carboxylic acids is 1. The summed E-state index contributed by atoms with van der Waals surface area (Å²) in [6.07, 6.45) is 4.45. The first-order valence-corrected chi connectivity index (χ1v) is 10.2. The molecule has 0 radical (unpaired) electrons. The van der Waals surface area contributed by atoms with E-state index in [-0.39, 0.29) is 24.3 Å². The van der Waals surface area contributed by atoms with E-state index in [4.69, 9.17) is 5.11 Å². The second-order valence-corrected chi connectivity index (χ2v) is 7.80. The van der Waals surface area contributed by atoms with Gasteiger partial charge in [0.25, 0.3) is 0 Å². The number of imidazole rings is 1. The molecular formula is C19H30N6O6. The average Bonchev–Trinajstić information content (AvgIpc) is 3.42. The third-order valence-electron chi connectivity index (χ3n) is 5.03. The van der Waals surface area contributed by atoms with Crippen LogP contribution in [-0.2, 0) is 25.6 Å². The van der Waals surface area contributed by atoms with Crippen molar-refractivity contribution in [2.24, 2.45) is 5.92 Å². The molecular weight excluding hydrogens is 408 g/mol. The highest BCUT2D eigenvalue weighted by Gasteiger charge is 2.32. The molecule has 2 rings (SSSR count). The van der Waals surface area contributed by atoms with Gasteiger partial charge in [0.05, 0.1) is 19.0 Å². The van der Waals surface area contributed by atoms with Gasteiger partial charge in [0.15, 0.2) is 0 Å². The number of aliphatic carboxylic acids is 1. The van der Waals surface area contributed by atoms with Crippen molar-refractivity contribution in [3.8, 4) is 0 Å².